The Bertz CT molecular complexity index is 984. The topological polar surface area (TPSA) is 104 Å². The number of aromatic hydroxyl groups is 1. The zero-order chi connectivity index (χ0) is 20.1. The van der Waals surface area contributed by atoms with E-state index in [1.54, 1.807) is 31.2 Å². The van der Waals surface area contributed by atoms with E-state index in [1.807, 2.05) is 0 Å². The van der Waals surface area contributed by atoms with Gasteiger partial charge in [-0.25, -0.2) is 9.48 Å². The van der Waals surface area contributed by atoms with Crippen LogP contribution in [0.15, 0.2) is 53.0 Å². The Labute approximate surface area is 168 Å². The molecule has 0 saturated carbocycles. The Kier molecular flexibility index (Phi) is 6.05. The van der Waals surface area contributed by atoms with Gasteiger partial charge >= 0.3 is 5.97 Å². The van der Waals surface area contributed by atoms with Gasteiger partial charge in [0, 0.05) is 10.0 Å². The largest absolute Gasteiger partial charge is 0.508 e. The number of phenolic OH excluding ortho intramolecular Hbond substituents is 1. The van der Waals surface area contributed by atoms with E-state index in [2.05, 4.69) is 26.2 Å². The fraction of sp³-hybridized carbons (Fsp3) is 0.158. The molecule has 144 valence electrons. The van der Waals surface area contributed by atoms with E-state index in [1.165, 1.54) is 24.3 Å². The molecule has 0 unspecified atom stereocenters. The number of halogens is 1. The Hall–Kier alpha value is -3.20. The highest BCUT2D eigenvalue weighted by molar-refractivity contribution is 9.10. The van der Waals surface area contributed by atoms with Crippen molar-refractivity contribution in [1.29, 1.82) is 0 Å². The van der Waals surface area contributed by atoms with Crippen molar-refractivity contribution in [2.24, 2.45) is 0 Å². The number of hydrogen-bond donors (Lipinski definition) is 1. The van der Waals surface area contributed by atoms with E-state index in [9.17, 15) is 14.7 Å². The molecular weight excluding hydrogens is 430 g/mol. The molecule has 0 aliphatic heterocycles. The normalized spacial score (nSPS) is 10.5. The van der Waals surface area contributed by atoms with Gasteiger partial charge in [0.2, 0.25) is 5.69 Å². The van der Waals surface area contributed by atoms with E-state index in [0.717, 1.165) is 9.15 Å². The van der Waals surface area contributed by atoms with E-state index in [4.69, 9.17) is 9.47 Å². The zero-order valence-corrected chi connectivity index (χ0v) is 16.4. The molecule has 1 aromatic heterocycles. The molecule has 0 saturated heterocycles. The minimum Gasteiger partial charge on any atom is -0.508 e. The first-order valence-corrected chi connectivity index (χ1v) is 9.13. The number of benzene rings is 2. The lowest BCUT2D eigenvalue weighted by atomic mass is 10.1. The van der Waals surface area contributed by atoms with Gasteiger partial charge in [-0.05, 0) is 43.3 Å². The monoisotopic (exact) mass is 445 g/mol. The smallest absolute Gasteiger partial charge is 0.362 e. The first-order chi connectivity index (χ1) is 13.5. The van der Waals surface area contributed by atoms with E-state index < -0.39 is 5.97 Å². The van der Waals surface area contributed by atoms with Crippen molar-refractivity contribution in [3.05, 3.63) is 64.3 Å². The molecule has 3 rings (SSSR count). The van der Waals surface area contributed by atoms with Gasteiger partial charge in [0.15, 0.2) is 5.78 Å². The standard InChI is InChI=1S/C19H16BrN3O5/c1-2-27-19(26)17-18(28-15-9-7-14(24)8-10-15)21-22-23(17)11-16(25)12-3-5-13(20)6-4-12/h3-10,24H,2,11H2,1H3. The first-order valence-electron chi connectivity index (χ1n) is 8.34. The summed E-state index contributed by atoms with van der Waals surface area (Å²) < 4.78 is 12.6. The minimum absolute atomic E-state index is 0.0691. The molecule has 0 aliphatic rings. The third-order valence-electron chi connectivity index (χ3n) is 3.68. The number of ether oxygens (including phenoxy) is 2. The average Bonchev–Trinajstić information content (AvgIpc) is 3.06. The van der Waals surface area contributed by atoms with Crippen molar-refractivity contribution in [2.75, 3.05) is 6.61 Å². The number of ketones is 1. The lowest BCUT2D eigenvalue weighted by molar-refractivity contribution is 0.0509. The molecule has 0 bridgehead atoms. The molecule has 9 heteroatoms. The molecule has 1 N–H and O–H groups in total. The second kappa shape index (κ2) is 8.66. The van der Waals surface area contributed by atoms with Gasteiger partial charge in [0.25, 0.3) is 5.88 Å². The Balaban J connectivity index is 1.88. The van der Waals surface area contributed by atoms with E-state index in [0.29, 0.717) is 11.3 Å². The SMILES string of the molecule is CCOC(=O)c1c(Oc2ccc(O)cc2)nnn1CC(=O)c1ccc(Br)cc1. The maximum Gasteiger partial charge on any atom is 0.362 e. The second-order valence-electron chi connectivity index (χ2n) is 5.65. The molecule has 1 heterocycles. The quantitative estimate of drug-likeness (QED) is 0.437. The summed E-state index contributed by atoms with van der Waals surface area (Å²) in [6, 6.07) is 12.7. The summed E-state index contributed by atoms with van der Waals surface area (Å²) in [5.74, 6) is -0.631. The summed E-state index contributed by atoms with van der Waals surface area (Å²) in [6.45, 7) is 1.60. The van der Waals surface area contributed by atoms with Crippen LogP contribution in [0.3, 0.4) is 0 Å². The van der Waals surface area contributed by atoms with Crippen LogP contribution in [0.4, 0.5) is 0 Å². The van der Waals surface area contributed by atoms with Crippen LogP contribution in [0.5, 0.6) is 17.4 Å². The Morgan fingerprint density at radius 2 is 1.79 bits per heavy atom. The third-order valence-corrected chi connectivity index (χ3v) is 4.21. The van der Waals surface area contributed by atoms with E-state index in [-0.39, 0.29) is 36.3 Å². The lowest BCUT2D eigenvalue weighted by Crippen LogP contribution is -2.19. The molecule has 0 amide bonds. The van der Waals surface area contributed by atoms with Crippen LogP contribution in [0.2, 0.25) is 0 Å². The summed E-state index contributed by atoms with van der Waals surface area (Å²) in [6.07, 6.45) is 0. The Morgan fingerprint density at radius 1 is 1.11 bits per heavy atom. The number of carbonyl (C=O) groups is 2. The summed E-state index contributed by atoms with van der Waals surface area (Å²) >= 11 is 3.32. The van der Waals surface area contributed by atoms with Gasteiger partial charge in [0.1, 0.15) is 18.0 Å². The summed E-state index contributed by atoms with van der Waals surface area (Å²) in [5.41, 5.74) is 0.398. The number of nitrogens with zero attached hydrogens (tertiary/aromatic N) is 3. The fourth-order valence-electron chi connectivity index (χ4n) is 2.36. The number of aromatic nitrogens is 3. The predicted octanol–water partition coefficient (Wildman–Crippen LogP) is 3.60. The molecule has 3 aromatic rings. The molecular formula is C19H16BrN3O5. The summed E-state index contributed by atoms with van der Waals surface area (Å²) in [5, 5.41) is 17.1. The highest BCUT2D eigenvalue weighted by Crippen LogP contribution is 2.25. The maximum absolute atomic E-state index is 12.5. The van der Waals surface area contributed by atoms with Crippen molar-refractivity contribution in [2.45, 2.75) is 13.5 Å². The van der Waals surface area contributed by atoms with Gasteiger partial charge in [-0.15, -0.1) is 0 Å². The van der Waals surface area contributed by atoms with Gasteiger partial charge < -0.3 is 14.6 Å². The third kappa shape index (κ3) is 4.55. The minimum atomic E-state index is -0.704. The number of Topliss-reactive ketones (excluding diaryl/α,β-unsaturated/α-hetero) is 1. The van der Waals surface area contributed by atoms with Crippen LogP contribution < -0.4 is 4.74 Å². The number of esters is 1. The molecule has 0 radical (unpaired) electrons. The van der Waals surface area contributed by atoms with Gasteiger partial charge in [-0.2, -0.15) is 0 Å². The Morgan fingerprint density at radius 3 is 2.43 bits per heavy atom. The van der Waals surface area contributed by atoms with Gasteiger partial charge in [0.05, 0.1) is 6.61 Å². The van der Waals surface area contributed by atoms with Crippen molar-refractivity contribution in [3.8, 4) is 17.4 Å². The predicted molar refractivity (Wildman–Crippen MR) is 103 cm³/mol. The molecule has 0 fully saturated rings. The number of hydrogen-bond acceptors (Lipinski definition) is 7. The summed E-state index contributed by atoms with van der Waals surface area (Å²) in [7, 11) is 0. The molecule has 0 aliphatic carbocycles. The highest BCUT2D eigenvalue weighted by Gasteiger charge is 2.25. The van der Waals surface area contributed by atoms with Crippen LogP contribution >= 0.6 is 15.9 Å². The van der Waals surface area contributed by atoms with Crippen LogP contribution in [0.1, 0.15) is 27.8 Å². The van der Waals surface area contributed by atoms with Crippen molar-refractivity contribution in [1.82, 2.24) is 15.0 Å². The number of carbonyl (C=O) groups excluding carboxylic acids is 2. The number of rotatable bonds is 7. The first kappa shape index (κ1) is 19.6. The molecule has 8 nitrogen and oxygen atoms in total. The fourth-order valence-corrected chi connectivity index (χ4v) is 2.62. The van der Waals surface area contributed by atoms with Gasteiger partial charge in [-0.3, -0.25) is 4.79 Å². The molecule has 28 heavy (non-hydrogen) atoms. The number of phenols is 1. The van der Waals surface area contributed by atoms with Crippen LogP contribution in [-0.4, -0.2) is 38.5 Å². The van der Waals surface area contributed by atoms with E-state index >= 15 is 0 Å². The van der Waals surface area contributed by atoms with Crippen LogP contribution in [-0.2, 0) is 11.3 Å². The second-order valence-corrected chi connectivity index (χ2v) is 6.56. The average molecular weight is 446 g/mol. The van der Waals surface area contributed by atoms with Gasteiger partial charge in [-0.1, -0.05) is 38.4 Å². The van der Waals surface area contributed by atoms with Crippen molar-refractivity contribution >= 4 is 27.7 Å². The zero-order valence-electron chi connectivity index (χ0n) is 14.8. The molecule has 0 spiro atoms. The van der Waals surface area contributed by atoms with Crippen LogP contribution in [0, 0.1) is 0 Å². The highest BCUT2D eigenvalue weighted by atomic mass is 79.9. The van der Waals surface area contributed by atoms with Crippen molar-refractivity contribution in [3.63, 3.8) is 0 Å². The molecule has 0 atom stereocenters. The molecule has 2 aromatic carbocycles. The summed E-state index contributed by atoms with van der Waals surface area (Å²) in [4.78, 5) is 24.9. The lowest BCUT2D eigenvalue weighted by Gasteiger charge is -2.08. The van der Waals surface area contributed by atoms with Crippen LogP contribution in [0.25, 0.3) is 0 Å². The maximum atomic E-state index is 12.5. The van der Waals surface area contributed by atoms with Crippen molar-refractivity contribution < 1.29 is 24.2 Å².